The fourth-order valence-corrected chi connectivity index (χ4v) is 3.29. The summed E-state index contributed by atoms with van der Waals surface area (Å²) in [7, 11) is 0. The highest BCUT2D eigenvalue weighted by Gasteiger charge is 2.24. The second-order valence-electron chi connectivity index (χ2n) is 5.27. The van der Waals surface area contributed by atoms with Crippen LogP contribution in [0.4, 0.5) is 5.69 Å². The summed E-state index contributed by atoms with van der Waals surface area (Å²) in [4.78, 5) is 18.5. The molecule has 1 atom stereocenters. The van der Waals surface area contributed by atoms with E-state index >= 15 is 0 Å². The van der Waals surface area contributed by atoms with E-state index in [9.17, 15) is 4.79 Å². The second kappa shape index (κ2) is 8.89. The molecule has 7 heteroatoms. The van der Waals surface area contributed by atoms with Crippen LogP contribution in [0.2, 0.25) is 5.15 Å². The fraction of sp³-hybridized carbons (Fsp3) is 0.353. The number of pyridine rings is 1. The molecule has 24 heavy (non-hydrogen) atoms. The van der Waals surface area contributed by atoms with Gasteiger partial charge in [-0.3, -0.25) is 9.78 Å². The molecule has 0 saturated carbocycles. The lowest BCUT2D eigenvalue weighted by atomic mass is 10.2. The molecule has 2 heterocycles. The molecule has 0 aliphatic rings. The predicted octanol–water partition coefficient (Wildman–Crippen LogP) is 3.83. The zero-order chi connectivity index (χ0) is 17.5. The molecule has 0 spiro atoms. The number of carbonyl (C=O) groups is 1. The Hall–Kier alpha value is -1.79. The third-order valence-corrected chi connectivity index (χ3v) is 4.94. The number of anilines is 1. The molecular formula is C17H21ClN4OS. The monoisotopic (exact) mass is 364 g/mol. The van der Waals surface area contributed by atoms with Crippen LogP contribution in [0.1, 0.15) is 13.8 Å². The van der Waals surface area contributed by atoms with Crippen LogP contribution in [0.15, 0.2) is 43.4 Å². The molecule has 1 unspecified atom stereocenters. The van der Waals surface area contributed by atoms with E-state index < -0.39 is 0 Å². The van der Waals surface area contributed by atoms with Gasteiger partial charge in [0.25, 0.3) is 0 Å². The average Bonchev–Trinajstić information content (AvgIpc) is 2.98. The van der Waals surface area contributed by atoms with Crippen LogP contribution in [0.3, 0.4) is 0 Å². The van der Waals surface area contributed by atoms with E-state index in [4.69, 9.17) is 11.6 Å². The van der Waals surface area contributed by atoms with Gasteiger partial charge >= 0.3 is 0 Å². The number of amides is 1. The van der Waals surface area contributed by atoms with Crippen LogP contribution in [-0.4, -0.2) is 38.7 Å². The van der Waals surface area contributed by atoms with E-state index in [2.05, 4.69) is 16.7 Å². The average molecular weight is 365 g/mol. The topological polar surface area (TPSA) is 51.0 Å². The molecule has 128 valence electrons. The summed E-state index contributed by atoms with van der Waals surface area (Å²) in [5, 5.41) is 4.60. The maximum atomic E-state index is 12.7. The minimum Gasteiger partial charge on any atom is -0.308 e. The van der Waals surface area contributed by atoms with Crippen LogP contribution in [0.25, 0.3) is 5.69 Å². The Morgan fingerprint density at radius 2 is 2.38 bits per heavy atom. The first kappa shape index (κ1) is 18.5. The van der Waals surface area contributed by atoms with Crippen molar-refractivity contribution in [1.82, 2.24) is 14.8 Å². The second-order valence-corrected chi connectivity index (χ2v) is 6.70. The number of hydrogen-bond donors (Lipinski definition) is 0. The van der Waals surface area contributed by atoms with Gasteiger partial charge in [0.05, 0.1) is 18.1 Å². The van der Waals surface area contributed by atoms with Gasteiger partial charge in [-0.05, 0) is 19.1 Å². The molecule has 0 N–H and O–H groups in total. The van der Waals surface area contributed by atoms with Crippen LogP contribution < -0.4 is 4.90 Å². The summed E-state index contributed by atoms with van der Waals surface area (Å²) < 4.78 is 1.64. The maximum Gasteiger partial charge on any atom is 0.230 e. The number of aromatic nitrogens is 3. The molecule has 2 aromatic heterocycles. The number of hydrogen-bond acceptors (Lipinski definition) is 4. The zero-order valence-electron chi connectivity index (χ0n) is 13.9. The molecule has 0 saturated heterocycles. The van der Waals surface area contributed by atoms with Crippen LogP contribution in [-0.2, 0) is 4.79 Å². The molecule has 0 bridgehead atoms. The minimum absolute atomic E-state index is 0.0432. The van der Waals surface area contributed by atoms with Gasteiger partial charge in [0.2, 0.25) is 5.91 Å². The van der Waals surface area contributed by atoms with E-state index in [-0.39, 0.29) is 11.8 Å². The SMILES string of the molecule is C=CCSCC(C)C(=O)N(CC)c1cn(-c2cccnc2)nc1Cl. The number of nitrogens with zero attached hydrogens (tertiary/aromatic N) is 4. The first-order chi connectivity index (χ1) is 11.6. The van der Waals surface area contributed by atoms with Gasteiger partial charge < -0.3 is 4.90 Å². The Bertz CT molecular complexity index is 689. The summed E-state index contributed by atoms with van der Waals surface area (Å²) in [6.45, 7) is 8.09. The molecule has 1 amide bonds. The summed E-state index contributed by atoms with van der Waals surface area (Å²) in [5.41, 5.74) is 1.41. The van der Waals surface area contributed by atoms with E-state index in [1.165, 1.54) is 0 Å². The summed E-state index contributed by atoms with van der Waals surface area (Å²) in [6.07, 6.45) is 7.00. The van der Waals surface area contributed by atoms with Crippen molar-refractivity contribution < 1.29 is 4.79 Å². The van der Waals surface area contributed by atoms with Crippen molar-refractivity contribution in [1.29, 1.82) is 0 Å². The highest BCUT2D eigenvalue weighted by Crippen LogP contribution is 2.27. The van der Waals surface area contributed by atoms with Gasteiger partial charge in [-0.2, -0.15) is 16.9 Å². The quantitative estimate of drug-likeness (QED) is 0.527. The third-order valence-electron chi connectivity index (χ3n) is 3.46. The predicted molar refractivity (Wildman–Crippen MR) is 101 cm³/mol. The Labute approximate surface area is 151 Å². The van der Waals surface area contributed by atoms with Gasteiger partial charge in [0, 0.05) is 30.2 Å². The summed E-state index contributed by atoms with van der Waals surface area (Å²) >= 11 is 7.97. The first-order valence-electron chi connectivity index (χ1n) is 7.74. The molecule has 2 aromatic rings. The first-order valence-corrected chi connectivity index (χ1v) is 9.27. The largest absolute Gasteiger partial charge is 0.308 e. The normalized spacial score (nSPS) is 12.0. The van der Waals surface area contributed by atoms with E-state index in [0.29, 0.717) is 17.4 Å². The van der Waals surface area contributed by atoms with Gasteiger partial charge in [-0.1, -0.05) is 24.6 Å². The summed E-state index contributed by atoms with van der Waals surface area (Å²) in [6, 6.07) is 3.71. The van der Waals surface area contributed by atoms with Crippen molar-refractivity contribution >= 4 is 35.0 Å². The van der Waals surface area contributed by atoms with Gasteiger partial charge in [-0.15, -0.1) is 6.58 Å². The number of thioether (sulfide) groups is 1. The Morgan fingerprint density at radius 1 is 1.58 bits per heavy atom. The van der Waals surface area contributed by atoms with Crippen molar-refractivity contribution in [2.24, 2.45) is 5.92 Å². The van der Waals surface area contributed by atoms with Gasteiger partial charge in [-0.25, -0.2) is 4.68 Å². The van der Waals surface area contributed by atoms with E-state index in [0.717, 1.165) is 17.2 Å². The van der Waals surface area contributed by atoms with Crippen molar-refractivity contribution in [3.8, 4) is 5.69 Å². The van der Waals surface area contributed by atoms with E-state index in [1.807, 2.05) is 32.1 Å². The van der Waals surface area contributed by atoms with E-state index in [1.54, 1.807) is 39.9 Å². The van der Waals surface area contributed by atoms with Gasteiger partial charge in [0.15, 0.2) is 5.15 Å². The molecule has 0 aliphatic carbocycles. The number of carbonyl (C=O) groups excluding carboxylic acids is 1. The highest BCUT2D eigenvalue weighted by atomic mass is 35.5. The molecular weight excluding hydrogens is 344 g/mol. The smallest absolute Gasteiger partial charge is 0.230 e. The Balaban J connectivity index is 2.20. The number of halogens is 1. The Morgan fingerprint density at radius 3 is 3.00 bits per heavy atom. The lowest BCUT2D eigenvalue weighted by molar-refractivity contribution is -0.121. The van der Waals surface area contributed by atoms with Crippen molar-refractivity contribution in [2.75, 3.05) is 23.0 Å². The zero-order valence-corrected chi connectivity index (χ0v) is 15.4. The minimum atomic E-state index is -0.104. The molecule has 0 aromatic carbocycles. The van der Waals surface area contributed by atoms with Crippen molar-refractivity contribution in [3.05, 3.63) is 48.5 Å². The molecule has 5 nitrogen and oxygen atoms in total. The molecule has 2 rings (SSSR count). The van der Waals surface area contributed by atoms with Crippen molar-refractivity contribution in [2.45, 2.75) is 13.8 Å². The fourth-order valence-electron chi connectivity index (χ4n) is 2.26. The number of rotatable bonds is 8. The molecule has 0 fully saturated rings. The molecule has 0 aliphatic heterocycles. The Kier molecular flexibility index (Phi) is 6.87. The standard InChI is InChI=1S/C17H21ClN4OS/c1-4-9-24-12-13(3)17(23)21(5-2)15-11-22(20-16(15)18)14-7-6-8-19-10-14/h4,6-8,10-11,13H,1,5,9,12H2,2-3H3. The lowest BCUT2D eigenvalue weighted by Crippen LogP contribution is -2.36. The lowest BCUT2D eigenvalue weighted by Gasteiger charge is -2.23. The molecule has 0 radical (unpaired) electrons. The van der Waals surface area contributed by atoms with Gasteiger partial charge in [0.1, 0.15) is 5.69 Å². The third kappa shape index (κ3) is 4.39. The van der Waals surface area contributed by atoms with Crippen LogP contribution >= 0.6 is 23.4 Å². The highest BCUT2D eigenvalue weighted by molar-refractivity contribution is 7.99. The summed E-state index contributed by atoms with van der Waals surface area (Å²) in [5.74, 6) is 1.52. The van der Waals surface area contributed by atoms with Crippen molar-refractivity contribution in [3.63, 3.8) is 0 Å². The van der Waals surface area contributed by atoms with Crippen LogP contribution in [0, 0.1) is 5.92 Å². The maximum absolute atomic E-state index is 12.7. The van der Waals surface area contributed by atoms with Crippen LogP contribution in [0.5, 0.6) is 0 Å².